The lowest BCUT2D eigenvalue weighted by Crippen LogP contribution is -2.42. The van der Waals surface area contributed by atoms with E-state index in [2.05, 4.69) is 21.1 Å². The van der Waals surface area contributed by atoms with Gasteiger partial charge in [-0.05, 0) is 110 Å². The first kappa shape index (κ1) is 69.5. The number of rotatable bonds is 12. The molecule has 89 heavy (non-hydrogen) atoms. The van der Waals surface area contributed by atoms with Crippen molar-refractivity contribution in [2.75, 3.05) is 20.0 Å². The van der Waals surface area contributed by atoms with Crippen molar-refractivity contribution in [3.05, 3.63) is 115 Å². The summed E-state index contributed by atoms with van der Waals surface area (Å²) in [6.07, 6.45) is 3.38. The number of carbonyl (C=O) groups is 10. The van der Waals surface area contributed by atoms with Gasteiger partial charge >= 0.3 is 23.9 Å². The molecule has 4 aromatic rings. The van der Waals surface area contributed by atoms with Crippen LogP contribution in [0.2, 0.25) is 0 Å². The van der Waals surface area contributed by atoms with Gasteiger partial charge in [-0.2, -0.15) is 0 Å². The fourth-order valence-electron chi connectivity index (χ4n) is 9.16. The van der Waals surface area contributed by atoms with Gasteiger partial charge in [-0.15, -0.1) is 0 Å². The summed E-state index contributed by atoms with van der Waals surface area (Å²) >= 11 is 0. The number of nitrogens with zero attached hydrogens (tertiary/aromatic N) is 7. The van der Waals surface area contributed by atoms with Crippen molar-refractivity contribution < 1.29 is 86.9 Å². The zero-order valence-corrected chi connectivity index (χ0v) is 50.2. The van der Waals surface area contributed by atoms with Crippen molar-refractivity contribution in [1.29, 1.82) is 0 Å². The summed E-state index contributed by atoms with van der Waals surface area (Å²) in [5, 5.41) is 60.7. The fraction of sp³-hybridized carbons (Fsp3) is 0.466. The van der Waals surface area contributed by atoms with E-state index in [1.165, 1.54) is 87.5 Å². The maximum absolute atomic E-state index is 12.7. The second-order valence-corrected chi connectivity index (χ2v) is 23.7. The minimum absolute atomic E-state index is 0.0655. The highest BCUT2D eigenvalue weighted by Gasteiger charge is 2.41. The zero-order valence-electron chi connectivity index (χ0n) is 50.2. The van der Waals surface area contributed by atoms with Crippen LogP contribution in [0.15, 0.2) is 83.4 Å². The van der Waals surface area contributed by atoms with Gasteiger partial charge in [-0.1, -0.05) is 25.9 Å². The second kappa shape index (κ2) is 29.4. The maximum Gasteiger partial charge on any atom is 0.329 e. The van der Waals surface area contributed by atoms with E-state index >= 15 is 0 Å². The summed E-state index contributed by atoms with van der Waals surface area (Å²) in [5.41, 5.74) is -0.332. The molecule has 0 bridgehead atoms. The fourth-order valence-corrected chi connectivity index (χ4v) is 9.16. The van der Waals surface area contributed by atoms with E-state index in [0.29, 0.717) is 61.3 Å². The molecule has 5 aliphatic rings. The molecule has 5 N–H and O–H groups in total. The van der Waals surface area contributed by atoms with Gasteiger partial charge in [-0.25, -0.2) is 19.2 Å². The number of aliphatic carboxylic acids is 2. The first-order valence-corrected chi connectivity index (χ1v) is 27.9. The molecular formula is C58H70N10O21. The Bertz CT molecular complexity index is 3330. The Morgan fingerprint density at radius 3 is 1.21 bits per heavy atom. The monoisotopic (exact) mass is 1240 g/mol. The minimum atomic E-state index is -1.07. The van der Waals surface area contributed by atoms with Crippen LogP contribution in [0.4, 0.5) is 39.9 Å². The number of non-ortho nitro benzene ring substituents is 3. The van der Waals surface area contributed by atoms with Gasteiger partial charge in [0.15, 0.2) is 5.82 Å². The number of ether oxygens (including phenoxy) is 2. The highest BCUT2D eigenvalue weighted by atomic mass is 16.6. The Morgan fingerprint density at radius 1 is 0.528 bits per heavy atom. The lowest BCUT2D eigenvalue weighted by molar-refractivity contribution is -0.385. The van der Waals surface area contributed by atoms with Gasteiger partial charge in [0.25, 0.3) is 17.1 Å². The third-order valence-corrected chi connectivity index (χ3v) is 13.4. The Balaban J connectivity index is 0.000000211. The summed E-state index contributed by atoms with van der Waals surface area (Å²) in [6, 6.07) is 14.7. The number of nitro groups is 3. The van der Waals surface area contributed by atoms with Crippen LogP contribution in [0.25, 0.3) is 0 Å². The second-order valence-electron chi connectivity index (χ2n) is 23.7. The molecule has 6 amide bonds. The van der Waals surface area contributed by atoms with Crippen LogP contribution in [-0.4, -0.2) is 131 Å². The van der Waals surface area contributed by atoms with Crippen LogP contribution in [0.5, 0.6) is 0 Å². The molecule has 0 radical (unpaired) electrons. The molecule has 3 aromatic carbocycles. The molecule has 478 valence electrons. The maximum atomic E-state index is 12.7. The largest absolute Gasteiger partial charge is 0.480 e. The van der Waals surface area contributed by atoms with Gasteiger partial charge in [0, 0.05) is 97.0 Å². The Kier molecular flexibility index (Phi) is 23.0. The molecule has 31 heteroatoms. The van der Waals surface area contributed by atoms with Gasteiger partial charge < -0.3 is 40.2 Å². The van der Waals surface area contributed by atoms with Crippen LogP contribution in [0, 0.1) is 30.3 Å². The van der Waals surface area contributed by atoms with E-state index in [1.807, 2.05) is 41.5 Å². The lowest BCUT2D eigenvalue weighted by atomic mass is 9.93. The highest BCUT2D eigenvalue weighted by Crippen LogP contribution is 2.33. The molecule has 1 aromatic heterocycles. The number of amides is 6. The number of carboxylic acid groups (broad SMARTS) is 2. The Morgan fingerprint density at radius 2 is 0.888 bits per heavy atom. The van der Waals surface area contributed by atoms with Crippen LogP contribution in [0.3, 0.4) is 0 Å². The predicted molar refractivity (Wildman–Crippen MR) is 314 cm³/mol. The summed E-state index contributed by atoms with van der Waals surface area (Å²) in [5.74, 6) is -3.19. The minimum Gasteiger partial charge on any atom is -0.480 e. The molecular weight excluding hydrogens is 1170 g/mol. The van der Waals surface area contributed by atoms with E-state index in [0.717, 1.165) is 0 Å². The van der Waals surface area contributed by atoms with Crippen molar-refractivity contribution >= 4 is 99.3 Å². The number of carboxylic acids is 2. The van der Waals surface area contributed by atoms with Gasteiger partial charge in [0.05, 0.1) is 14.8 Å². The molecule has 0 saturated carbocycles. The van der Waals surface area contributed by atoms with Gasteiger partial charge in [0.1, 0.15) is 47.2 Å². The summed E-state index contributed by atoms with van der Waals surface area (Å²) in [4.78, 5) is 149. The third-order valence-electron chi connectivity index (χ3n) is 13.4. The summed E-state index contributed by atoms with van der Waals surface area (Å²) < 4.78 is 15.7. The molecule has 0 unspecified atom stereocenters. The van der Waals surface area contributed by atoms with Gasteiger partial charge in [-0.3, -0.25) is 73.8 Å². The van der Waals surface area contributed by atoms with Crippen molar-refractivity contribution in [3.8, 4) is 0 Å². The van der Waals surface area contributed by atoms with E-state index in [9.17, 15) is 78.3 Å². The van der Waals surface area contributed by atoms with Crippen LogP contribution < -0.4 is 30.7 Å². The molecule has 5 fully saturated rings. The molecule has 5 aliphatic heterocycles. The molecule has 0 spiro atoms. The smallest absolute Gasteiger partial charge is 0.329 e. The number of carbonyl (C=O) groups excluding carboxylic acids is 8. The van der Waals surface area contributed by atoms with E-state index < -0.39 is 74.1 Å². The summed E-state index contributed by atoms with van der Waals surface area (Å²) in [6.45, 7) is 16.6. The van der Waals surface area contributed by atoms with Crippen molar-refractivity contribution in [3.63, 3.8) is 0 Å². The third kappa shape index (κ3) is 19.9. The number of hydrogen-bond donors (Lipinski definition) is 5. The number of esters is 2. The number of nitro benzene ring substituents is 3. The Labute approximate surface area is 508 Å². The lowest BCUT2D eigenvalue weighted by Gasteiger charge is -2.27. The molecule has 0 aliphatic carbocycles. The number of benzene rings is 3. The standard InChI is InChI=1S/C18H20N4O5.C15H18N2O5.C11H10N2O5.C9H15NO3.C5H7NO3/c1-18(2,3)14-10-15(20-27-14)19-17(24)13-8-9-16(23)21(13)11-4-6-12(7-5-11)22(25)26;1-15(2,3)22-14(19)12-8-9-13(18)16(12)10-4-6-11(7-5-10)17(20)21;14-10-6-5-9(11(15)16)12(10)7-1-3-8(4-2-7)13(17)18;1-9(2,3)13-8(12)6-4-5-7(11)10-6;7-4-2-1-3(6-4)5(8)9/h4-7,10,13H,8-9H2,1-3H3,(H,19,20,24);4-7,12H,8-9H2,1-3H3;1-4,9H,5-6H2,(H,15,16);6H,4-5H2,1-3H3,(H,10,11);3H,1-2H2,(H,6,7)(H,8,9)/t13-;12-;9-;6-;3-/m00000/s1. The Hall–Kier alpha value is -10.2. The molecule has 31 nitrogen and oxygen atoms in total. The SMILES string of the molecule is CC(C)(C)OC(=O)[C@@H]1CCC(=O)N1.CC(C)(C)OC(=O)[C@@H]1CCC(=O)N1c1ccc([N+](=O)[O-])cc1.CC(C)(C)c1cc(NC(=O)[C@@H]2CCC(=O)N2c2ccc([N+](=O)[O-])cc2)no1.O=C(O)[C@@H]1CCC(=O)N1c1ccc([N+](=O)[O-])cc1.O=C1CC[C@@H](C(=O)O)N1. The molecule has 6 heterocycles. The van der Waals surface area contributed by atoms with Crippen LogP contribution in [-0.2, 0) is 62.8 Å². The number of aromatic nitrogens is 1. The molecule has 9 rings (SSSR count). The van der Waals surface area contributed by atoms with Crippen LogP contribution >= 0.6 is 0 Å². The number of nitrogens with one attached hydrogen (secondary N) is 3. The average Bonchev–Trinajstić information content (AvgIpc) is 3.03. The number of hydrogen-bond acceptors (Lipinski definition) is 20. The van der Waals surface area contributed by atoms with E-state index in [4.69, 9.17) is 24.2 Å². The molecule has 5 atom stereocenters. The topological polar surface area (TPSA) is 431 Å². The predicted octanol–water partition coefficient (Wildman–Crippen LogP) is 6.58. The van der Waals surface area contributed by atoms with E-state index in [-0.39, 0.29) is 95.4 Å². The normalized spacial score (nSPS) is 19.5. The summed E-state index contributed by atoms with van der Waals surface area (Å²) in [7, 11) is 0. The quantitative estimate of drug-likeness (QED) is 0.0568. The van der Waals surface area contributed by atoms with Crippen molar-refractivity contribution in [1.82, 2.24) is 15.8 Å². The number of anilines is 4. The first-order valence-electron chi connectivity index (χ1n) is 27.9. The van der Waals surface area contributed by atoms with E-state index in [1.54, 1.807) is 26.8 Å². The highest BCUT2D eigenvalue weighted by molar-refractivity contribution is 6.07. The zero-order chi connectivity index (χ0) is 66.5. The van der Waals surface area contributed by atoms with Gasteiger partial charge in [0.2, 0.25) is 35.4 Å². The average molecular weight is 1240 g/mol. The molecule has 5 saturated heterocycles. The van der Waals surface area contributed by atoms with Crippen molar-refractivity contribution in [2.24, 2.45) is 0 Å². The first-order chi connectivity index (χ1) is 41.4. The van der Waals surface area contributed by atoms with Crippen LogP contribution in [0.1, 0.15) is 132 Å². The van der Waals surface area contributed by atoms with Crippen molar-refractivity contribution in [2.45, 2.75) is 173 Å².